The minimum atomic E-state index is -0.245. The summed E-state index contributed by atoms with van der Waals surface area (Å²) in [6, 6.07) is 8.89. The summed E-state index contributed by atoms with van der Waals surface area (Å²) < 4.78 is 5.11. The van der Waals surface area contributed by atoms with E-state index in [2.05, 4.69) is 10.2 Å². The molecule has 6 heteroatoms. The largest absolute Gasteiger partial charge is 0.497 e. The Morgan fingerprint density at radius 2 is 2.10 bits per heavy atom. The van der Waals surface area contributed by atoms with Gasteiger partial charge in [-0.15, -0.1) is 0 Å². The van der Waals surface area contributed by atoms with Crippen molar-refractivity contribution in [3.63, 3.8) is 0 Å². The Bertz CT molecular complexity index is 607. The first-order chi connectivity index (χ1) is 10.1. The van der Waals surface area contributed by atoms with Crippen molar-refractivity contribution in [2.45, 2.75) is 13.0 Å². The SMILES string of the molecule is COc1ccc(-c2cc(C(=O)N(C)C(C)CO)[nH]n2)cc1. The van der Waals surface area contributed by atoms with Gasteiger partial charge >= 0.3 is 0 Å². The summed E-state index contributed by atoms with van der Waals surface area (Å²) in [5.74, 6) is 0.561. The van der Waals surface area contributed by atoms with E-state index in [0.29, 0.717) is 11.4 Å². The Hall–Kier alpha value is -2.34. The van der Waals surface area contributed by atoms with Gasteiger partial charge in [0.2, 0.25) is 0 Å². The van der Waals surface area contributed by atoms with Crippen LogP contribution < -0.4 is 4.74 Å². The van der Waals surface area contributed by atoms with Gasteiger partial charge in [0.1, 0.15) is 11.4 Å². The number of amides is 1. The number of nitrogens with zero attached hydrogens (tertiary/aromatic N) is 2. The predicted octanol–water partition coefficient (Wildman–Crippen LogP) is 1.54. The lowest BCUT2D eigenvalue weighted by molar-refractivity contribution is 0.0676. The maximum atomic E-state index is 12.2. The van der Waals surface area contributed by atoms with E-state index < -0.39 is 0 Å². The molecule has 1 heterocycles. The maximum absolute atomic E-state index is 12.2. The number of methoxy groups -OCH3 is 1. The molecule has 0 radical (unpaired) electrons. The molecular weight excluding hydrogens is 270 g/mol. The van der Waals surface area contributed by atoms with Crippen molar-refractivity contribution >= 4 is 5.91 Å². The van der Waals surface area contributed by atoms with Gasteiger partial charge in [-0.05, 0) is 37.3 Å². The molecule has 1 aromatic carbocycles. The Morgan fingerprint density at radius 1 is 1.43 bits per heavy atom. The number of rotatable bonds is 5. The van der Waals surface area contributed by atoms with Gasteiger partial charge in [-0.3, -0.25) is 9.89 Å². The highest BCUT2D eigenvalue weighted by molar-refractivity contribution is 5.93. The first-order valence-corrected chi connectivity index (χ1v) is 6.64. The van der Waals surface area contributed by atoms with E-state index in [1.165, 1.54) is 4.90 Å². The fourth-order valence-corrected chi connectivity index (χ4v) is 1.85. The van der Waals surface area contributed by atoms with Crippen molar-refractivity contribution in [2.75, 3.05) is 20.8 Å². The minimum Gasteiger partial charge on any atom is -0.497 e. The lowest BCUT2D eigenvalue weighted by atomic mass is 10.1. The van der Waals surface area contributed by atoms with Crippen LogP contribution in [-0.4, -0.2) is 52.9 Å². The number of aliphatic hydroxyl groups excluding tert-OH is 1. The van der Waals surface area contributed by atoms with Crippen LogP contribution in [0, 0.1) is 0 Å². The molecule has 112 valence electrons. The van der Waals surface area contributed by atoms with Crippen LogP contribution in [0.3, 0.4) is 0 Å². The first-order valence-electron chi connectivity index (χ1n) is 6.64. The van der Waals surface area contributed by atoms with E-state index in [0.717, 1.165) is 11.3 Å². The Morgan fingerprint density at radius 3 is 2.67 bits per heavy atom. The molecule has 0 aliphatic rings. The van der Waals surface area contributed by atoms with Crippen molar-refractivity contribution in [1.82, 2.24) is 15.1 Å². The number of aromatic amines is 1. The number of carbonyl (C=O) groups excluding carboxylic acids is 1. The molecular formula is C15H19N3O3. The fraction of sp³-hybridized carbons (Fsp3) is 0.333. The van der Waals surface area contributed by atoms with Crippen LogP contribution in [0.25, 0.3) is 11.3 Å². The molecule has 21 heavy (non-hydrogen) atoms. The summed E-state index contributed by atoms with van der Waals surface area (Å²) >= 11 is 0. The van der Waals surface area contributed by atoms with Gasteiger partial charge < -0.3 is 14.7 Å². The third-order valence-corrected chi connectivity index (χ3v) is 3.44. The summed E-state index contributed by atoms with van der Waals surface area (Å²) in [7, 11) is 3.26. The van der Waals surface area contributed by atoms with Gasteiger partial charge in [0.05, 0.1) is 25.5 Å². The third kappa shape index (κ3) is 3.22. The van der Waals surface area contributed by atoms with Gasteiger partial charge in [0, 0.05) is 12.6 Å². The second-order valence-electron chi connectivity index (χ2n) is 4.84. The van der Waals surface area contributed by atoms with Crippen LogP contribution in [0.5, 0.6) is 5.75 Å². The molecule has 0 spiro atoms. The molecule has 1 atom stereocenters. The zero-order valence-electron chi connectivity index (χ0n) is 12.3. The number of nitrogens with one attached hydrogen (secondary N) is 1. The molecule has 0 aliphatic heterocycles. The lowest BCUT2D eigenvalue weighted by Crippen LogP contribution is -2.37. The van der Waals surface area contributed by atoms with Crippen molar-refractivity contribution in [3.8, 4) is 17.0 Å². The number of carbonyl (C=O) groups is 1. The second kappa shape index (κ2) is 6.41. The average molecular weight is 289 g/mol. The molecule has 2 aromatic rings. The standard InChI is InChI=1S/C15H19N3O3/c1-10(9-19)18(2)15(20)14-8-13(16-17-14)11-4-6-12(21-3)7-5-11/h4-8,10,19H,9H2,1-3H3,(H,16,17). The van der Waals surface area contributed by atoms with Gasteiger partial charge in [-0.25, -0.2) is 0 Å². The molecule has 0 fully saturated rings. The van der Waals surface area contributed by atoms with Crippen LogP contribution in [0.1, 0.15) is 17.4 Å². The van der Waals surface area contributed by atoms with Crippen LogP contribution in [0.2, 0.25) is 0 Å². The van der Waals surface area contributed by atoms with Crippen molar-refractivity contribution in [2.24, 2.45) is 0 Å². The number of hydrogen-bond donors (Lipinski definition) is 2. The molecule has 1 amide bonds. The molecule has 0 saturated carbocycles. The van der Waals surface area contributed by atoms with Gasteiger partial charge in [0.15, 0.2) is 0 Å². The zero-order valence-corrected chi connectivity index (χ0v) is 12.3. The number of H-pyrrole nitrogens is 1. The summed E-state index contributed by atoms with van der Waals surface area (Å²) in [4.78, 5) is 13.7. The highest BCUT2D eigenvalue weighted by Gasteiger charge is 2.19. The lowest BCUT2D eigenvalue weighted by Gasteiger charge is -2.22. The first kappa shape index (κ1) is 15.1. The molecule has 0 saturated heterocycles. The number of aliphatic hydroxyl groups is 1. The highest BCUT2D eigenvalue weighted by atomic mass is 16.5. The summed E-state index contributed by atoms with van der Waals surface area (Å²) in [6.07, 6.45) is 0. The fourth-order valence-electron chi connectivity index (χ4n) is 1.85. The topological polar surface area (TPSA) is 78.5 Å². The Kier molecular flexibility index (Phi) is 4.59. The molecule has 0 aliphatic carbocycles. The van der Waals surface area contributed by atoms with Gasteiger partial charge in [-0.2, -0.15) is 5.10 Å². The number of ether oxygens (including phenoxy) is 1. The number of benzene rings is 1. The number of aromatic nitrogens is 2. The van der Waals surface area contributed by atoms with Crippen LogP contribution in [-0.2, 0) is 0 Å². The van der Waals surface area contributed by atoms with E-state index in [1.807, 2.05) is 24.3 Å². The van der Waals surface area contributed by atoms with E-state index >= 15 is 0 Å². The van der Waals surface area contributed by atoms with Crippen LogP contribution >= 0.6 is 0 Å². The highest BCUT2D eigenvalue weighted by Crippen LogP contribution is 2.21. The summed E-state index contributed by atoms with van der Waals surface area (Å²) in [5, 5.41) is 16.0. The molecule has 0 bridgehead atoms. The number of likely N-dealkylation sites (N-methyl/N-ethyl adjacent to an activating group) is 1. The Labute approximate surface area is 123 Å². The summed E-state index contributed by atoms with van der Waals surface area (Å²) in [6.45, 7) is 1.69. The number of hydrogen-bond acceptors (Lipinski definition) is 4. The normalized spacial score (nSPS) is 12.0. The average Bonchev–Trinajstić information content (AvgIpc) is 3.02. The van der Waals surface area contributed by atoms with Crippen molar-refractivity contribution in [1.29, 1.82) is 0 Å². The van der Waals surface area contributed by atoms with Crippen LogP contribution in [0.15, 0.2) is 30.3 Å². The van der Waals surface area contributed by atoms with Gasteiger partial charge in [-0.1, -0.05) is 0 Å². The smallest absolute Gasteiger partial charge is 0.271 e. The van der Waals surface area contributed by atoms with Crippen molar-refractivity contribution in [3.05, 3.63) is 36.0 Å². The van der Waals surface area contributed by atoms with Gasteiger partial charge in [0.25, 0.3) is 5.91 Å². The monoisotopic (exact) mass is 289 g/mol. The second-order valence-corrected chi connectivity index (χ2v) is 4.84. The molecule has 2 N–H and O–H groups in total. The Balaban J connectivity index is 2.19. The molecule has 1 aromatic heterocycles. The predicted molar refractivity (Wildman–Crippen MR) is 79.2 cm³/mol. The van der Waals surface area contributed by atoms with Crippen molar-refractivity contribution < 1.29 is 14.6 Å². The van der Waals surface area contributed by atoms with Crippen LogP contribution in [0.4, 0.5) is 0 Å². The maximum Gasteiger partial charge on any atom is 0.271 e. The third-order valence-electron chi connectivity index (χ3n) is 3.44. The van der Waals surface area contributed by atoms with E-state index in [9.17, 15) is 4.79 Å². The quantitative estimate of drug-likeness (QED) is 0.875. The molecule has 2 rings (SSSR count). The minimum absolute atomic E-state index is 0.0816. The molecule has 1 unspecified atom stereocenters. The summed E-state index contributed by atoms with van der Waals surface area (Å²) in [5.41, 5.74) is 1.97. The van der Waals surface area contributed by atoms with E-state index in [-0.39, 0.29) is 18.6 Å². The molecule has 6 nitrogen and oxygen atoms in total. The zero-order chi connectivity index (χ0) is 15.4. The van der Waals surface area contributed by atoms with E-state index in [1.54, 1.807) is 27.1 Å². The van der Waals surface area contributed by atoms with E-state index in [4.69, 9.17) is 9.84 Å².